The van der Waals surface area contributed by atoms with E-state index < -0.39 is 0 Å². The van der Waals surface area contributed by atoms with E-state index in [1.54, 1.807) is 4.63 Å². The number of nitrogens with zero attached hydrogens (tertiary/aromatic N) is 3. The normalized spacial score (nSPS) is 11.1. The Morgan fingerprint density at radius 2 is 2.11 bits per heavy atom. The van der Waals surface area contributed by atoms with Crippen LogP contribution in [-0.2, 0) is 0 Å². The first-order valence-electron chi connectivity index (χ1n) is 6.43. The minimum atomic E-state index is 0.708. The Morgan fingerprint density at radius 3 is 2.89 bits per heavy atom. The van der Waals surface area contributed by atoms with Gasteiger partial charge in [0.05, 0.1) is 6.61 Å². The Labute approximate surface area is 111 Å². The summed E-state index contributed by atoms with van der Waals surface area (Å²) in [5.41, 5.74) is 2.75. The van der Waals surface area contributed by atoms with Crippen LogP contribution >= 0.6 is 0 Å². The Bertz CT molecular complexity index is 667. The number of ether oxygens (including phenoxy) is 1. The van der Waals surface area contributed by atoms with E-state index in [0.717, 1.165) is 34.9 Å². The lowest BCUT2D eigenvalue weighted by Crippen LogP contribution is -1.97. The van der Waals surface area contributed by atoms with Gasteiger partial charge in [0.2, 0.25) is 0 Å². The average Bonchev–Trinajstić information content (AvgIpc) is 2.93. The molecule has 0 spiro atoms. The minimum Gasteiger partial charge on any atom is -0.493 e. The highest BCUT2D eigenvalue weighted by molar-refractivity contribution is 5.70. The zero-order valence-corrected chi connectivity index (χ0v) is 11.1. The molecule has 2 heterocycles. The zero-order valence-electron chi connectivity index (χ0n) is 11.1. The monoisotopic (exact) mass is 256 g/mol. The van der Waals surface area contributed by atoms with Crippen LogP contribution in [0.15, 0.2) is 30.3 Å². The van der Waals surface area contributed by atoms with E-state index in [1.807, 2.05) is 37.3 Å². The van der Waals surface area contributed by atoms with E-state index in [4.69, 9.17) is 4.74 Å². The second kappa shape index (κ2) is 4.76. The maximum absolute atomic E-state index is 5.76. The minimum absolute atomic E-state index is 0.708. The Hall–Kier alpha value is -2.30. The van der Waals surface area contributed by atoms with Crippen LogP contribution in [0.2, 0.25) is 0 Å². The molecule has 2 aromatic heterocycles. The third kappa shape index (κ3) is 2.19. The van der Waals surface area contributed by atoms with E-state index in [0.29, 0.717) is 6.61 Å². The lowest BCUT2D eigenvalue weighted by molar-refractivity contribution is 0.318. The maximum atomic E-state index is 5.76. The van der Waals surface area contributed by atoms with Crippen molar-refractivity contribution < 1.29 is 4.74 Å². The maximum Gasteiger partial charge on any atom is 0.156 e. The number of hydrogen-bond acceptors (Lipinski definition) is 3. The van der Waals surface area contributed by atoms with Crippen molar-refractivity contribution in [1.29, 1.82) is 0 Å². The van der Waals surface area contributed by atoms with Crippen LogP contribution in [0.5, 0.6) is 5.75 Å². The Kier molecular flexibility index (Phi) is 2.95. The van der Waals surface area contributed by atoms with Gasteiger partial charge in [-0.25, -0.2) is 0 Å². The second-order valence-electron chi connectivity index (χ2n) is 4.46. The average molecular weight is 256 g/mol. The highest BCUT2D eigenvalue weighted by atomic mass is 16.5. The topological polar surface area (TPSA) is 55.2 Å². The van der Waals surface area contributed by atoms with Gasteiger partial charge in [-0.15, -0.1) is 14.8 Å². The second-order valence-corrected chi connectivity index (χ2v) is 4.46. The van der Waals surface area contributed by atoms with Crippen LogP contribution in [0.4, 0.5) is 0 Å². The summed E-state index contributed by atoms with van der Waals surface area (Å²) in [6, 6.07) is 9.92. The van der Waals surface area contributed by atoms with Gasteiger partial charge in [-0.05, 0) is 25.5 Å². The number of aryl methyl sites for hydroxylation is 1. The number of H-pyrrole nitrogens is 1. The van der Waals surface area contributed by atoms with E-state index >= 15 is 0 Å². The van der Waals surface area contributed by atoms with Gasteiger partial charge in [0.1, 0.15) is 17.3 Å². The van der Waals surface area contributed by atoms with Crippen LogP contribution < -0.4 is 4.74 Å². The van der Waals surface area contributed by atoms with Gasteiger partial charge < -0.3 is 9.72 Å². The molecule has 5 heteroatoms. The van der Waals surface area contributed by atoms with Gasteiger partial charge in [-0.2, -0.15) is 0 Å². The summed E-state index contributed by atoms with van der Waals surface area (Å²) in [5.74, 6) is 1.71. The molecule has 19 heavy (non-hydrogen) atoms. The van der Waals surface area contributed by atoms with Crippen molar-refractivity contribution in [2.75, 3.05) is 6.61 Å². The third-order valence-electron chi connectivity index (χ3n) is 2.87. The van der Waals surface area contributed by atoms with Crippen LogP contribution in [0.1, 0.15) is 19.2 Å². The molecule has 0 saturated carbocycles. The first-order chi connectivity index (χ1) is 9.28. The molecule has 1 aromatic carbocycles. The molecule has 0 aliphatic carbocycles. The number of benzene rings is 1. The molecule has 5 nitrogen and oxygen atoms in total. The zero-order chi connectivity index (χ0) is 13.2. The summed E-state index contributed by atoms with van der Waals surface area (Å²) in [4.78, 5) is 3.16. The standard InChI is InChI=1S/C14H16N4O/c1-3-8-19-13-7-5-4-6-11(13)12-9-14-15-10(2)16-18(14)17-12/h4-7,9H,3,8H2,1-2H3,(H,15,16). The fourth-order valence-electron chi connectivity index (χ4n) is 2.03. The van der Waals surface area contributed by atoms with Crippen LogP contribution in [0.3, 0.4) is 0 Å². The van der Waals surface area contributed by atoms with Crippen LogP contribution in [0.25, 0.3) is 16.9 Å². The van der Waals surface area contributed by atoms with Crippen LogP contribution in [0, 0.1) is 6.92 Å². The molecular weight excluding hydrogens is 240 g/mol. The number of nitrogens with one attached hydrogen (secondary N) is 1. The van der Waals surface area contributed by atoms with Gasteiger partial charge >= 0.3 is 0 Å². The molecule has 3 aromatic rings. The van der Waals surface area contributed by atoms with Gasteiger partial charge in [-0.3, -0.25) is 0 Å². The number of rotatable bonds is 4. The first kappa shape index (κ1) is 11.8. The lowest BCUT2D eigenvalue weighted by Gasteiger charge is -2.08. The van der Waals surface area contributed by atoms with Gasteiger partial charge in [0, 0.05) is 11.6 Å². The van der Waals surface area contributed by atoms with Gasteiger partial charge in [-0.1, -0.05) is 19.1 Å². The first-order valence-corrected chi connectivity index (χ1v) is 6.43. The summed E-state index contributed by atoms with van der Waals surface area (Å²) in [5, 5.41) is 8.73. The largest absolute Gasteiger partial charge is 0.493 e. The molecule has 0 aliphatic heterocycles. The number of aromatic amines is 1. The predicted molar refractivity (Wildman–Crippen MR) is 73.3 cm³/mol. The van der Waals surface area contributed by atoms with Crippen molar-refractivity contribution in [3.05, 3.63) is 36.2 Å². The molecule has 0 saturated heterocycles. The number of fused-ring (bicyclic) bond motifs is 1. The quantitative estimate of drug-likeness (QED) is 0.781. The number of hydrogen-bond donors (Lipinski definition) is 1. The molecule has 0 aliphatic rings. The van der Waals surface area contributed by atoms with E-state index in [1.165, 1.54) is 0 Å². The van der Waals surface area contributed by atoms with Crippen molar-refractivity contribution in [2.24, 2.45) is 0 Å². The summed E-state index contributed by atoms with van der Waals surface area (Å²) in [6.07, 6.45) is 0.985. The summed E-state index contributed by atoms with van der Waals surface area (Å²) in [7, 11) is 0. The molecule has 0 amide bonds. The molecule has 3 rings (SSSR count). The van der Waals surface area contributed by atoms with Crippen molar-refractivity contribution in [1.82, 2.24) is 19.8 Å². The summed E-state index contributed by atoms with van der Waals surface area (Å²) >= 11 is 0. The molecule has 0 unspecified atom stereocenters. The van der Waals surface area contributed by atoms with Crippen molar-refractivity contribution in [3.63, 3.8) is 0 Å². The molecule has 0 atom stereocenters. The Morgan fingerprint density at radius 1 is 1.26 bits per heavy atom. The van der Waals surface area contributed by atoms with Gasteiger partial charge in [0.15, 0.2) is 5.65 Å². The number of para-hydroxylation sites is 1. The smallest absolute Gasteiger partial charge is 0.156 e. The Balaban J connectivity index is 2.02. The van der Waals surface area contributed by atoms with Crippen LogP contribution in [-0.4, -0.2) is 26.4 Å². The fourth-order valence-corrected chi connectivity index (χ4v) is 2.03. The molecule has 0 radical (unpaired) electrons. The summed E-state index contributed by atoms with van der Waals surface area (Å²) in [6.45, 7) is 4.71. The van der Waals surface area contributed by atoms with Crippen molar-refractivity contribution >= 4 is 5.65 Å². The predicted octanol–water partition coefficient (Wildman–Crippen LogP) is 2.82. The highest BCUT2D eigenvalue weighted by Gasteiger charge is 2.11. The van der Waals surface area contributed by atoms with E-state index in [9.17, 15) is 0 Å². The molecule has 1 N–H and O–H groups in total. The summed E-state index contributed by atoms with van der Waals surface area (Å²) < 4.78 is 7.37. The number of aromatic nitrogens is 4. The van der Waals surface area contributed by atoms with E-state index in [2.05, 4.69) is 22.1 Å². The molecular formula is C14H16N4O. The highest BCUT2D eigenvalue weighted by Crippen LogP contribution is 2.29. The molecule has 0 bridgehead atoms. The van der Waals surface area contributed by atoms with Gasteiger partial charge in [0.25, 0.3) is 0 Å². The molecule has 98 valence electrons. The lowest BCUT2D eigenvalue weighted by atomic mass is 10.1. The van der Waals surface area contributed by atoms with Crippen molar-refractivity contribution in [3.8, 4) is 17.0 Å². The fraction of sp³-hybridized carbons (Fsp3) is 0.286. The van der Waals surface area contributed by atoms with E-state index in [-0.39, 0.29) is 0 Å². The van der Waals surface area contributed by atoms with Crippen molar-refractivity contribution in [2.45, 2.75) is 20.3 Å². The third-order valence-corrected chi connectivity index (χ3v) is 2.87. The molecule has 0 fully saturated rings. The SMILES string of the molecule is CCCOc1ccccc1-c1cc2[nH]c(C)nn2n1.